The maximum Gasteiger partial charge on any atom is 0.335 e. The molecule has 0 amide bonds. The van der Waals surface area contributed by atoms with Crippen LogP contribution in [0.4, 0.5) is 17.6 Å². The summed E-state index contributed by atoms with van der Waals surface area (Å²) in [6.45, 7) is 6.42. The lowest BCUT2D eigenvalue weighted by Crippen LogP contribution is -1.99. The van der Waals surface area contributed by atoms with E-state index in [4.69, 9.17) is 9.47 Å². The highest BCUT2D eigenvalue weighted by atomic mass is 19.2. The topological polar surface area (TPSA) is 71.1 Å². The standard InChI is InChI=1S/C28H18F4O6/c1-3-23(33)37-15-13-35-18-7-5-17(6-8-18)19-9-10-20(26(30)25(19)29)21-11-12-22(28(32)27(21)31)36-14-16-38-24(34)4-2/h3-16H,1-2H2. The first kappa shape index (κ1) is 27.5. The number of ether oxygens (including phenoxy) is 4. The van der Waals surface area contributed by atoms with E-state index in [1.54, 1.807) is 0 Å². The Morgan fingerprint density at radius 2 is 1.05 bits per heavy atom. The quantitative estimate of drug-likeness (QED) is 0.126. The molecule has 0 radical (unpaired) electrons. The van der Waals surface area contributed by atoms with E-state index in [1.807, 2.05) is 0 Å². The molecule has 10 heteroatoms. The first-order chi connectivity index (χ1) is 18.3. The molecule has 6 nitrogen and oxygen atoms in total. The molecule has 0 aliphatic carbocycles. The summed E-state index contributed by atoms with van der Waals surface area (Å²) in [4.78, 5) is 21.9. The van der Waals surface area contributed by atoms with Gasteiger partial charge in [0, 0.05) is 28.8 Å². The predicted octanol–water partition coefficient (Wildman–Crippen LogP) is 6.74. The Kier molecular flexibility index (Phi) is 9.20. The molecule has 3 rings (SSSR count). The fourth-order valence-corrected chi connectivity index (χ4v) is 3.02. The molecule has 0 fully saturated rings. The van der Waals surface area contributed by atoms with Crippen LogP contribution in [0.3, 0.4) is 0 Å². The fraction of sp³-hybridized carbons (Fsp3) is 0. The number of benzene rings is 3. The van der Waals surface area contributed by atoms with Crippen molar-refractivity contribution in [3.63, 3.8) is 0 Å². The van der Waals surface area contributed by atoms with Crippen LogP contribution in [0.25, 0.3) is 22.3 Å². The van der Waals surface area contributed by atoms with Gasteiger partial charge in [0.25, 0.3) is 0 Å². The molecule has 3 aromatic rings. The SMILES string of the molecule is C=CC(=O)OC=COc1ccc(-c2ccc(-c3ccc(OC=COC(=O)C=C)c(F)c3F)c(F)c2F)cc1. The summed E-state index contributed by atoms with van der Waals surface area (Å²) in [5.41, 5.74) is -0.897. The van der Waals surface area contributed by atoms with Gasteiger partial charge in [-0.2, -0.15) is 4.39 Å². The molecule has 0 aliphatic heterocycles. The average Bonchev–Trinajstić information content (AvgIpc) is 2.93. The molecular formula is C28H18F4O6. The fourth-order valence-electron chi connectivity index (χ4n) is 3.02. The minimum absolute atomic E-state index is 0.131. The predicted molar refractivity (Wildman–Crippen MR) is 129 cm³/mol. The van der Waals surface area contributed by atoms with E-state index < -0.39 is 52.1 Å². The number of hydrogen-bond donors (Lipinski definition) is 0. The van der Waals surface area contributed by atoms with E-state index >= 15 is 0 Å². The third-order valence-corrected chi connectivity index (χ3v) is 4.80. The van der Waals surface area contributed by atoms with Crippen molar-refractivity contribution in [2.24, 2.45) is 0 Å². The van der Waals surface area contributed by atoms with Gasteiger partial charge in [0.15, 0.2) is 23.2 Å². The summed E-state index contributed by atoms with van der Waals surface area (Å²) in [6, 6.07) is 10.2. The van der Waals surface area contributed by atoms with E-state index in [0.29, 0.717) is 5.75 Å². The summed E-state index contributed by atoms with van der Waals surface area (Å²) in [5, 5.41) is 0. The molecule has 0 atom stereocenters. The highest BCUT2D eigenvalue weighted by molar-refractivity contribution is 5.82. The third-order valence-electron chi connectivity index (χ3n) is 4.80. The summed E-state index contributed by atoms with van der Waals surface area (Å²) in [6.07, 6.45) is 5.54. The molecule has 0 N–H and O–H groups in total. The lowest BCUT2D eigenvalue weighted by molar-refractivity contribution is -0.133. The molecule has 3 aromatic carbocycles. The van der Waals surface area contributed by atoms with Crippen molar-refractivity contribution < 1.29 is 46.1 Å². The summed E-state index contributed by atoms with van der Waals surface area (Å²) < 4.78 is 78.2. The lowest BCUT2D eigenvalue weighted by atomic mass is 9.98. The van der Waals surface area contributed by atoms with E-state index in [0.717, 1.165) is 55.4 Å². The van der Waals surface area contributed by atoms with Gasteiger partial charge in [-0.25, -0.2) is 22.8 Å². The minimum atomic E-state index is -1.47. The maximum atomic E-state index is 14.9. The van der Waals surface area contributed by atoms with Gasteiger partial charge in [-0.15, -0.1) is 0 Å². The lowest BCUT2D eigenvalue weighted by Gasteiger charge is -2.12. The molecule has 0 saturated carbocycles. The van der Waals surface area contributed by atoms with Gasteiger partial charge in [0.05, 0.1) is 0 Å². The first-order valence-corrected chi connectivity index (χ1v) is 10.6. The Balaban J connectivity index is 1.79. The summed E-state index contributed by atoms with van der Waals surface area (Å²) in [5.74, 6) is -7.34. The molecule has 0 spiro atoms. The van der Waals surface area contributed by atoms with Crippen LogP contribution in [-0.4, -0.2) is 11.9 Å². The highest BCUT2D eigenvalue weighted by Gasteiger charge is 2.21. The van der Waals surface area contributed by atoms with Crippen molar-refractivity contribution >= 4 is 11.9 Å². The largest absolute Gasteiger partial charge is 0.462 e. The van der Waals surface area contributed by atoms with Crippen LogP contribution < -0.4 is 9.47 Å². The Morgan fingerprint density at radius 3 is 1.63 bits per heavy atom. The molecule has 0 saturated heterocycles. The van der Waals surface area contributed by atoms with Crippen LogP contribution in [-0.2, 0) is 19.1 Å². The second-order valence-corrected chi connectivity index (χ2v) is 7.11. The zero-order valence-corrected chi connectivity index (χ0v) is 19.5. The third kappa shape index (κ3) is 6.55. The van der Waals surface area contributed by atoms with Crippen LogP contribution in [0.15, 0.2) is 98.9 Å². The normalized spacial score (nSPS) is 10.8. The van der Waals surface area contributed by atoms with E-state index in [2.05, 4.69) is 22.6 Å². The van der Waals surface area contributed by atoms with Crippen LogP contribution in [0.1, 0.15) is 0 Å². The highest BCUT2D eigenvalue weighted by Crippen LogP contribution is 2.35. The molecule has 194 valence electrons. The summed E-state index contributed by atoms with van der Waals surface area (Å²) >= 11 is 0. The number of esters is 2. The van der Waals surface area contributed by atoms with Gasteiger partial charge in [0.1, 0.15) is 30.8 Å². The van der Waals surface area contributed by atoms with Gasteiger partial charge < -0.3 is 18.9 Å². The molecule has 0 aliphatic rings. The Morgan fingerprint density at radius 1 is 0.579 bits per heavy atom. The Bertz CT molecular complexity index is 1430. The zero-order chi connectivity index (χ0) is 27.7. The van der Waals surface area contributed by atoms with Gasteiger partial charge >= 0.3 is 11.9 Å². The van der Waals surface area contributed by atoms with Crippen molar-refractivity contribution in [3.05, 3.63) is 122 Å². The number of halogens is 4. The van der Waals surface area contributed by atoms with E-state index in [-0.39, 0.29) is 11.1 Å². The van der Waals surface area contributed by atoms with Gasteiger partial charge in [-0.1, -0.05) is 37.4 Å². The number of hydrogen-bond acceptors (Lipinski definition) is 6. The van der Waals surface area contributed by atoms with Crippen LogP contribution in [0.5, 0.6) is 11.5 Å². The zero-order valence-electron chi connectivity index (χ0n) is 19.5. The molecule has 0 unspecified atom stereocenters. The van der Waals surface area contributed by atoms with Gasteiger partial charge in [0.2, 0.25) is 5.82 Å². The van der Waals surface area contributed by atoms with E-state index in [9.17, 15) is 27.2 Å². The second kappa shape index (κ2) is 12.7. The second-order valence-electron chi connectivity index (χ2n) is 7.11. The molecule has 0 bridgehead atoms. The Labute approximate surface area is 214 Å². The molecule has 38 heavy (non-hydrogen) atoms. The van der Waals surface area contributed by atoms with Crippen molar-refractivity contribution in [1.29, 1.82) is 0 Å². The monoisotopic (exact) mass is 526 g/mol. The van der Waals surface area contributed by atoms with E-state index in [1.165, 1.54) is 30.3 Å². The van der Waals surface area contributed by atoms with Gasteiger partial charge in [-0.05, 0) is 29.8 Å². The number of carbonyl (C=O) groups is 2. The van der Waals surface area contributed by atoms with Crippen molar-refractivity contribution in [2.75, 3.05) is 0 Å². The molecule has 0 aromatic heterocycles. The van der Waals surface area contributed by atoms with Crippen molar-refractivity contribution in [3.8, 4) is 33.8 Å². The summed E-state index contributed by atoms with van der Waals surface area (Å²) in [7, 11) is 0. The molecule has 0 heterocycles. The Hall–Kier alpha value is -5.12. The molecular weight excluding hydrogens is 508 g/mol. The van der Waals surface area contributed by atoms with Crippen LogP contribution >= 0.6 is 0 Å². The van der Waals surface area contributed by atoms with Gasteiger partial charge in [-0.3, -0.25) is 0 Å². The van der Waals surface area contributed by atoms with Crippen molar-refractivity contribution in [1.82, 2.24) is 0 Å². The first-order valence-electron chi connectivity index (χ1n) is 10.6. The van der Waals surface area contributed by atoms with Crippen LogP contribution in [0, 0.1) is 23.3 Å². The minimum Gasteiger partial charge on any atom is -0.462 e. The maximum absolute atomic E-state index is 14.9. The average molecular weight is 526 g/mol. The smallest absolute Gasteiger partial charge is 0.335 e. The van der Waals surface area contributed by atoms with Crippen LogP contribution in [0.2, 0.25) is 0 Å². The number of rotatable bonds is 10. The number of carbonyl (C=O) groups excluding carboxylic acids is 2. The van der Waals surface area contributed by atoms with Crippen molar-refractivity contribution in [2.45, 2.75) is 0 Å².